The number of amides is 1. The van der Waals surface area contributed by atoms with Crippen molar-refractivity contribution in [1.82, 2.24) is 4.90 Å². The van der Waals surface area contributed by atoms with Crippen LogP contribution >= 0.6 is 15.9 Å². The van der Waals surface area contributed by atoms with Crippen molar-refractivity contribution in [3.8, 4) is 0 Å². The molecule has 0 spiro atoms. The number of alkyl halides is 1. The number of carbonyl (C=O) groups is 1. The van der Waals surface area contributed by atoms with Gasteiger partial charge in [-0.25, -0.2) is 0 Å². The Morgan fingerprint density at radius 2 is 2.06 bits per heavy atom. The Kier molecular flexibility index (Phi) is 4.67. The van der Waals surface area contributed by atoms with Gasteiger partial charge in [0.05, 0.1) is 30.8 Å². The van der Waals surface area contributed by atoms with Crippen molar-refractivity contribution in [1.29, 1.82) is 0 Å². The van der Waals surface area contributed by atoms with Gasteiger partial charge in [-0.3, -0.25) is 4.79 Å². The first-order valence-electron chi connectivity index (χ1n) is 6.66. The van der Waals surface area contributed by atoms with Crippen molar-refractivity contribution in [2.24, 2.45) is 11.8 Å². The molecule has 0 N–H and O–H groups in total. The lowest BCUT2D eigenvalue weighted by Gasteiger charge is -2.35. The average Bonchev–Trinajstić information content (AvgIpc) is 2.62. The number of hydrogen-bond acceptors (Lipinski definition) is 3. The van der Waals surface area contributed by atoms with Gasteiger partial charge in [-0.05, 0) is 19.8 Å². The van der Waals surface area contributed by atoms with E-state index in [9.17, 15) is 4.79 Å². The van der Waals surface area contributed by atoms with Crippen LogP contribution in [0.4, 0.5) is 0 Å². The number of morpholine rings is 1. The van der Waals surface area contributed by atoms with Crippen molar-refractivity contribution in [2.45, 2.75) is 39.1 Å². The molecule has 5 unspecified atom stereocenters. The highest BCUT2D eigenvalue weighted by Crippen LogP contribution is 2.33. The fourth-order valence-corrected chi connectivity index (χ4v) is 3.31. The summed E-state index contributed by atoms with van der Waals surface area (Å²) in [5.74, 6) is 0.514. The molecule has 5 heteroatoms. The number of hydrogen-bond donors (Lipinski definition) is 0. The summed E-state index contributed by atoms with van der Waals surface area (Å²) in [6.45, 7) is 8.19. The summed E-state index contributed by atoms with van der Waals surface area (Å²) in [5.41, 5.74) is 0. The zero-order valence-electron chi connectivity index (χ0n) is 11.3. The van der Waals surface area contributed by atoms with E-state index in [1.54, 1.807) is 0 Å². The summed E-state index contributed by atoms with van der Waals surface area (Å²) < 4.78 is 11.3. The zero-order chi connectivity index (χ0) is 13.3. The minimum Gasteiger partial charge on any atom is -0.374 e. The van der Waals surface area contributed by atoms with E-state index in [4.69, 9.17) is 9.47 Å². The van der Waals surface area contributed by atoms with Gasteiger partial charge in [0.25, 0.3) is 0 Å². The molecule has 0 radical (unpaired) electrons. The lowest BCUT2D eigenvalue weighted by Crippen LogP contribution is -2.50. The molecule has 0 saturated carbocycles. The highest BCUT2D eigenvalue weighted by atomic mass is 79.9. The van der Waals surface area contributed by atoms with Gasteiger partial charge in [0.2, 0.25) is 5.91 Å². The molecule has 2 rings (SSSR count). The molecule has 1 amide bonds. The summed E-state index contributed by atoms with van der Waals surface area (Å²) in [6, 6.07) is 0. The topological polar surface area (TPSA) is 38.8 Å². The molecule has 4 nitrogen and oxygen atoms in total. The summed E-state index contributed by atoms with van der Waals surface area (Å²) in [7, 11) is 0. The molecular formula is C13H22BrNO3. The number of rotatable bonds is 2. The van der Waals surface area contributed by atoms with Crippen molar-refractivity contribution in [3.05, 3.63) is 0 Å². The lowest BCUT2D eigenvalue weighted by atomic mass is 9.88. The molecular weight excluding hydrogens is 298 g/mol. The van der Waals surface area contributed by atoms with E-state index in [0.29, 0.717) is 19.7 Å². The molecule has 0 bridgehead atoms. The maximum absolute atomic E-state index is 12.6. The van der Waals surface area contributed by atoms with E-state index in [1.807, 2.05) is 11.8 Å². The second-order valence-corrected chi connectivity index (χ2v) is 6.01. The van der Waals surface area contributed by atoms with E-state index in [2.05, 4.69) is 29.8 Å². The summed E-state index contributed by atoms with van der Waals surface area (Å²) >= 11 is 3.42. The SMILES string of the molecule is CC1OC(C)C(C(=O)N2CCOC(CBr)C2)C1C. The fraction of sp³-hybridized carbons (Fsp3) is 0.923. The van der Waals surface area contributed by atoms with Crippen molar-refractivity contribution in [3.63, 3.8) is 0 Å². The van der Waals surface area contributed by atoms with E-state index in [1.165, 1.54) is 0 Å². The third-order valence-electron chi connectivity index (χ3n) is 4.15. The largest absolute Gasteiger partial charge is 0.374 e. The van der Waals surface area contributed by atoms with Gasteiger partial charge in [0.1, 0.15) is 0 Å². The van der Waals surface area contributed by atoms with Crippen LogP contribution in [0.3, 0.4) is 0 Å². The third kappa shape index (κ3) is 2.73. The zero-order valence-corrected chi connectivity index (χ0v) is 12.9. The normalized spacial score (nSPS) is 41.1. The van der Waals surface area contributed by atoms with E-state index in [0.717, 1.165) is 5.33 Å². The van der Waals surface area contributed by atoms with Gasteiger partial charge in [-0.15, -0.1) is 0 Å². The van der Waals surface area contributed by atoms with Gasteiger partial charge in [0.15, 0.2) is 0 Å². The molecule has 2 fully saturated rings. The highest BCUT2D eigenvalue weighted by molar-refractivity contribution is 9.09. The Morgan fingerprint density at radius 1 is 1.33 bits per heavy atom. The van der Waals surface area contributed by atoms with Crippen LogP contribution < -0.4 is 0 Å². The lowest BCUT2D eigenvalue weighted by molar-refractivity contribution is -0.144. The quantitative estimate of drug-likeness (QED) is 0.727. The summed E-state index contributed by atoms with van der Waals surface area (Å²) in [5, 5.41) is 0.777. The van der Waals surface area contributed by atoms with Crippen molar-refractivity contribution in [2.75, 3.05) is 25.0 Å². The van der Waals surface area contributed by atoms with E-state index >= 15 is 0 Å². The summed E-state index contributed by atoms with van der Waals surface area (Å²) in [6.07, 6.45) is 0.308. The van der Waals surface area contributed by atoms with Gasteiger partial charge in [-0.2, -0.15) is 0 Å². The maximum Gasteiger partial charge on any atom is 0.228 e. The van der Waals surface area contributed by atoms with Crippen LogP contribution in [0.15, 0.2) is 0 Å². The van der Waals surface area contributed by atoms with E-state index in [-0.39, 0.29) is 36.1 Å². The molecule has 5 atom stereocenters. The maximum atomic E-state index is 12.6. The van der Waals surface area contributed by atoms with Crippen LogP contribution in [0.1, 0.15) is 20.8 Å². The van der Waals surface area contributed by atoms with Crippen LogP contribution in [0.2, 0.25) is 0 Å². The van der Waals surface area contributed by atoms with Crippen LogP contribution in [0, 0.1) is 11.8 Å². The summed E-state index contributed by atoms with van der Waals surface area (Å²) in [4.78, 5) is 14.5. The number of carbonyl (C=O) groups excluding carboxylic acids is 1. The first kappa shape index (κ1) is 14.3. The van der Waals surface area contributed by atoms with Crippen molar-refractivity contribution >= 4 is 21.8 Å². The highest BCUT2D eigenvalue weighted by Gasteiger charge is 2.43. The molecule has 0 aromatic carbocycles. The minimum absolute atomic E-state index is 0.00549. The molecule has 2 saturated heterocycles. The Bertz CT molecular complexity index is 313. The Balaban J connectivity index is 2.02. The van der Waals surface area contributed by atoms with Crippen LogP contribution in [0.25, 0.3) is 0 Å². The van der Waals surface area contributed by atoms with E-state index < -0.39 is 0 Å². The van der Waals surface area contributed by atoms with Crippen LogP contribution in [-0.4, -0.2) is 54.1 Å². The standard InChI is InChI=1S/C13H22BrNO3/c1-8-9(2)18-10(3)12(8)13(16)15-4-5-17-11(6-14)7-15/h8-12H,4-7H2,1-3H3. The van der Waals surface area contributed by atoms with Gasteiger partial charge in [-0.1, -0.05) is 22.9 Å². The van der Waals surface area contributed by atoms with Gasteiger partial charge >= 0.3 is 0 Å². The van der Waals surface area contributed by atoms with Crippen LogP contribution in [-0.2, 0) is 14.3 Å². The smallest absolute Gasteiger partial charge is 0.228 e. The molecule has 0 aromatic heterocycles. The Morgan fingerprint density at radius 3 is 2.61 bits per heavy atom. The minimum atomic E-state index is -0.00549. The monoisotopic (exact) mass is 319 g/mol. The average molecular weight is 320 g/mol. The first-order chi connectivity index (χ1) is 8.54. The van der Waals surface area contributed by atoms with Crippen molar-refractivity contribution < 1.29 is 14.3 Å². The molecule has 104 valence electrons. The number of nitrogens with zero attached hydrogens (tertiary/aromatic N) is 1. The Labute approximate surface area is 117 Å². The molecule has 2 heterocycles. The fourth-order valence-electron chi connectivity index (χ4n) is 2.92. The molecule has 0 aliphatic carbocycles. The van der Waals surface area contributed by atoms with Gasteiger partial charge in [0, 0.05) is 18.4 Å². The van der Waals surface area contributed by atoms with Gasteiger partial charge < -0.3 is 14.4 Å². The first-order valence-corrected chi connectivity index (χ1v) is 7.78. The predicted molar refractivity (Wildman–Crippen MR) is 72.8 cm³/mol. The molecule has 2 aliphatic heterocycles. The van der Waals surface area contributed by atoms with Crippen LogP contribution in [0.5, 0.6) is 0 Å². The number of ether oxygens (including phenoxy) is 2. The molecule has 0 aromatic rings. The predicted octanol–water partition coefficient (Wildman–Crippen LogP) is 1.67. The second-order valence-electron chi connectivity index (χ2n) is 5.36. The third-order valence-corrected chi connectivity index (χ3v) is 4.87. The molecule has 18 heavy (non-hydrogen) atoms. The second kappa shape index (κ2) is 5.88. The molecule has 2 aliphatic rings. The Hall–Kier alpha value is -0.130. The number of halogens is 1.